The highest BCUT2D eigenvalue weighted by atomic mass is 79.9. The molecule has 4 aromatic rings. The SMILES string of the molecule is C=CCn1c(SCC(=O)NCc2ccccc2)nnc1-c1cc2cc(Br)ccc2o1. The molecule has 0 saturated heterocycles. The van der Waals surface area contributed by atoms with Gasteiger partial charge in [-0.25, -0.2) is 0 Å². The van der Waals surface area contributed by atoms with Crippen LogP contribution in [-0.4, -0.2) is 26.4 Å². The molecule has 8 heteroatoms. The third kappa shape index (κ3) is 4.66. The maximum absolute atomic E-state index is 12.3. The normalized spacial score (nSPS) is 11.0. The van der Waals surface area contributed by atoms with Crippen LogP contribution in [0.25, 0.3) is 22.6 Å². The summed E-state index contributed by atoms with van der Waals surface area (Å²) in [6.45, 7) is 4.83. The van der Waals surface area contributed by atoms with Gasteiger partial charge in [0.2, 0.25) is 11.7 Å². The molecule has 1 N–H and O–H groups in total. The number of thioether (sulfide) groups is 1. The quantitative estimate of drug-likeness (QED) is 0.281. The topological polar surface area (TPSA) is 73.0 Å². The molecule has 2 aromatic heterocycles. The Balaban J connectivity index is 1.47. The van der Waals surface area contributed by atoms with Crippen LogP contribution in [0.3, 0.4) is 0 Å². The second-order valence-corrected chi connectivity index (χ2v) is 8.41. The van der Waals surface area contributed by atoms with Gasteiger partial charge in [-0.05, 0) is 29.8 Å². The molecule has 0 bridgehead atoms. The summed E-state index contributed by atoms with van der Waals surface area (Å²) >= 11 is 4.81. The first-order valence-electron chi connectivity index (χ1n) is 9.31. The van der Waals surface area contributed by atoms with Gasteiger partial charge in [0.25, 0.3) is 0 Å². The molecule has 0 unspecified atom stereocenters. The first-order chi connectivity index (χ1) is 14.6. The molecule has 2 heterocycles. The molecule has 4 rings (SSSR count). The van der Waals surface area contributed by atoms with E-state index < -0.39 is 0 Å². The van der Waals surface area contributed by atoms with Gasteiger partial charge in [0.1, 0.15) is 5.58 Å². The minimum Gasteiger partial charge on any atom is -0.453 e. The molecular weight excluding hydrogens is 464 g/mol. The third-order valence-corrected chi connectivity index (χ3v) is 5.85. The molecule has 0 fully saturated rings. The minimum atomic E-state index is -0.0628. The largest absolute Gasteiger partial charge is 0.453 e. The van der Waals surface area contributed by atoms with Crippen LogP contribution in [0.15, 0.2) is 81.3 Å². The Kier molecular flexibility index (Phi) is 6.35. The number of amides is 1. The molecule has 0 atom stereocenters. The van der Waals surface area contributed by atoms with E-state index >= 15 is 0 Å². The van der Waals surface area contributed by atoms with Gasteiger partial charge in [0, 0.05) is 22.9 Å². The van der Waals surface area contributed by atoms with Crippen LogP contribution >= 0.6 is 27.7 Å². The van der Waals surface area contributed by atoms with Crippen LogP contribution < -0.4 is 5.32 Å². The van der Waals surface area contributed by atoms with Crippen molar-refractivity contribution in [1.29, 1.82) is 0 Å². The molecular formula is C22H19BrN4O2S. The van der Waals surface area contributed by atoms with E-state index in [2.05, 4.69) is 38.0 Å². The van der Waals surface area contributed by atoms with Crippen molar-refractivity contribution in [3.05, 3.63) is 77.3 Å². The maximum atomic E-state index is 12.3. The van der Waals surface area contributed by atoms with Crippen molar-refractivity contribution in [2.45, 2.75) is 18.2 Å². The highest BCUT2D eigenvalue weighted by Gasteiger charge is 2.18. The molecule has 30 heavy (non-hydrogen) atoms. The summed E-state index contributed by atoms with van der Waals surface area (Å²) in [7, 11) is 0. The lowest BCUT2D eigenvalue weighted by Gasteiger charge is -2.07. The summed E-state index contributed by atoms with van der Waals surface area (Å²) in [4.78, 5) is 12.3. The van der Waals surface area contributed by atoms with E-state index in [1.807, 2.05) is 59.2 Å². The fraction of sp³-hybridized carbons (Fsp3) is 0.136. The Hall–Kier alpha value is -2.84. The van der Waals surface area contributed by atoms with E-state index in [0.717, 1.165) is 21.0 Å². The number of hydrogen-bond donors (Lipinski definition) is 1. The fourth-order valence-electron chi connectivity index (χ4n) is 2.97. The van der Waals surface area contributed by atoms with E-state index in [4.69, 9.17) is 4.42 Å². The van der Waals surface area contributed by atoms with Crippen molar-refractivity contribution in [2.24, 2.45) is 0 Å². The number of benzene rings is 2. The van der Waals surface area contributed by atoms with Gasteiger partial charge in [-0.2, -0.15) is 0 Å². The number of carbonyl (C=O) groups is 1. The predicted octanol–water partition coefficient (Wildman–Crippen LogP) is 5.05. The van der Waals surface area contributed by atoms with Gasteiger partial charge in [0.15, 0.2) is 10.9 Å². The number of nitrogens with one attached hydrogen (secondary N) is 1. The third-order valence-electron chi connectivity index (χ3n) is 4.39. The monoisotopic (exact) mass is 482 g/mol. The Bertz CT molecular complexity index is 1190. The molecule has 6 nitrogen and oxygen atoms in total. The summed E-state index contributed by atoms with van der Waals surface area (Å²) in [5, 5.41) is 13.1. The Morgan fingerprint density at radius 1 is 1.20 bits per heavy atom. The number of fused-ring (bicyclic) bond motifs is 1. The van der Waals surface area contributed by atoms with Crippen LogP contribution in [0.5, 0.6) is 0 Å². The number of halogens is 1. The first kappa shape index (κ1) is 20.4. The molecule has 152 valence electrons. The molecule has 1 amide bonds. The van der Waals surface area contributed by atoms with Crippen molar-refractivity contribution >= 4 is 44.6 Å². The van der Waals surface area contributed by atoms with E-state index in [-0.39, 0.29) is 11.7 Å². The number of aromatic nitrogens is 3. The van der Waals surface area contributed by atoms with Crippen LogP contribution in [0.4, 0.5) is 0 Å². The number of furan rings is 1. The zero-order valence-electron chi connectivity index (χ0n) is 16.0. The highest BCUT2D eigenvalue weighted by Crippen LogP contribution is 2.30. The van der Waals surface area contributed by atoms with Crippen molar-refractivity contribution in [3.8, 4) is 11.6 Å². The Morgan fingerprint density at radius 2 is 2.03 bits per heavy atom. The lowest BCUT2D eigenvalue weighted by Crippen LogP contribution is -2.24. The lowest BCUT2D eigenvalue weighted by molar-refractivity contribution is -0.118. The van der Waals surface area contributed by atoms with Crippen molar-refractivity contribution < 1.29 is 9.21 Å². The first-order valence-corrected chi connectivity index (χ1v) is 11.1. The standard InChI is InChI=1S/C22H19BrN4O2S/c1-2-10-27-21(19-12-16-11-17(23)8-9-18(16)29-19)25-26-22(27)30-14-20(28)24-13-15-6-4-3-5-7-15/h2-9,11-12H,1,10,13-14H2,(H,24,28). The van der Waals surface area contributed by atoms with Crippen LogP contribution in [0.1, 0.15) is 5.56 Å². The zero-order valence-corrected chi connectivity index (χ0v) is 18.4. The average molecular weight is 483 g/mol. The van der Waals surface area contributed by atoms with Gasteiger partial charge < -0.3 is 9.73 Å². The summed E-state index contributed by atoms with van der Waals surface area (Å²) in [5.74, 6) is 1.41. The number of nitrogens with zero attached hydrogens (tertiary/aromatic N) is 3. The van der Waals surface area contributed by atoms with Gasteiger partial charge in [-0.15, -0.1) is 16.8 Å². The highest BCUT2D eigenvalue weighted by molar-refractivity contribution is 9.10. The van der Waals surface area contributed by atoms with Gasteiger partial charge in [-0.3, -0.25) is 9.36 Å². The molecule has 0 saturated carbocycles. The summed E-state index contributed by atoms with van der Waals surface area (Å²) < 4.78 is 8.83. The molecule has 0 aliphatic rings. The molecule has 2 aromatic carbocycles. The van der Waals surface area contributed by atoms with Crippen LogP contribution in [-0.2, 0) is 17.9 Å². The van der Waals surface area contributed by atoms with Crippen LogP contribution in [0, 0.1) is 0 Å². The van der Waals surface area contributed by atoms with Crippen LogP contribution in [0.2, 0.25) is 0 Å². The zero-order chi connectivity index (χ0) is 20.9. The Morgan fingerprint density at radius 3 is 2.83 bits per heavy atom. The summed E-state index contributed by atoms with van der Waals surface area (Å²) in [5.41, 5.74) is 1.83. The number of rotatable bonds is 8. The molecule has 0 aliphatic carbocycles. The molecule has 0 spiro atoms. The number of carbonyl (C=O) groups excluding carboxylic acids is 1. The lowest BCUT2D eigenvalue weighted by atomic mass is 10.2. The Labute approximate surface area is 186 Å². The van der Waals surface area contributed by atoms with E-state index in [1.54, 1.807) is 6.08 Å². The summed E-state index contributed by atoms with van der Waals surface area (Å²) in [6.07, 6.45) is 1.77. The second-order valence-electron chi connectivity index (χ2n) is 6.55. The van der Waals surface area contributed by atoms with E-state index in [1.165, 1.54) is 11.8 Å². The van der Waals surface area contributed by atoms with Crippen molar-refractivity contribution in [1.82, 2.24) is 20.1 Å². The smallest absolute Gasteiger partial charge is 0.230 e. The minimum absolute atomic E-state index is 0.0628. The van der Waals surface area contributed by atoms with Gasteiger partial charge in [0.05, 0.1) is 5.75 Å². The summed E-state index contributed by atoms with van der Waals surface area (Å²) in [6, 6.07) is 17.6. The second kappa shape index (κ2) is 9.32. The molecule has 0 aliphatic heterocycles. The number of hydrogen-bond acceptors (Lipinski definition) is 5. The van der Waals surface area contributed by atoms with E-state index in [0.29, 0.717) is 29.8 Å². The van der Waals surface area contributed by atoms with Gasteiger partial charge in [-0.1, -0.05) is 64.1 Å². The van der Waals surface area contributed by atoms with E-state index in [9.17, 15) is 4.79 Å². The maximum Gasteiger partial charge on any atom is 0.230 e. The van der Waals surface area contributed by atoms with Crippen molar-refractivity contribution in [2.75, 3.05) is 5.75 Å². The van der Waals surface area contributed by atoms with Crippen molar-refractivity contribution in [3.63, 3.8) is 0 Å². The number of allylic oxidation sites excluding steroid dienone is 1. The predicted molar refractivity (Wildman–Crippen MR) is 122 cm³/mol. The molecule has 0 radical (unpaired) electrons. The van der Waals surface area contributed by atoms with Gasteiger partial charge >= 0.3 is 0 Å². The average Bonchev–Trinajstić information content (AvgIpc) is 3.35. The fourth-order valence-corrected chi connectivity index (χ4v) is 4.13.